The lowest BCUT2D eigenvalue weighted by Gasteiger charge is -2.11. The lowest BCUT2D eigenvalue weighted by molar-refractivity contribution is -0.275. The van der Waals surface area contributed by atoms with Crippen molar-refractivity contribution in [1.82, 2.24) is 9.38 Å². The number of hydrogen-bond donors (Lipinski definition) is 1. The maximum Gasteiger partial charge on any atom is 0.289 e. The summed E-state index contributed by atoms with van der Waals surface area (Å²) in [6, 6.07) is 9.90. The number of ketones is 1. The third kappa shape index (κ3) is 4.34. The van der Waals surface area contributed by atoms with Crippen LogP contribution in [0.5, 0.6) is 5.88 Å². The van der Waals surface area contributed by atoms with Crippen LogP contribution in [0, 0.1) is 6.92 Å². The SMILES string of the molecule is CCc1c(C(=O)C(N)=O)c2c(OCCOOC)nc(C)cn2c1Cc1ccccc1. The lowest BCUT2D eigenvalue weighted by atomic mass is 9.99. The van der Waals surface area contributed by atoms with Gasteiger partial charge in [0.15, 0.2) is 0 Å². The number of hydrogen-bond acceptors (Lipinski definition) is 6. The first kappa shape index (κ1) is 21.5. The molecule has 1 aromatic carbocycles. The van der Waals surface area contributed by atoms with Gasteiger partial charge in [0, 0.05) is 18.3 Å². The van der Waals surface area contributed by atoms with E-state index in [0.717, 1.165) is 16.8 Å². The Labute approximate surface area is 174 Å². The summed E-state index contributed by atoms with van der Waals surface area (Å²) in [6.07, 6.45) is 2.96. The van der Waals surface area contributed by atoms with Crippen LogP contribution in [0.3, 0.4) is 0 Å². The van der Waals surface area contributed by atoms with Crippen LogP contribution >= 0.6 is 0 Å². The highest BCUT2D eigenvalue weighted by atomic mass is 17.2. The van der Waals surface area contributed by atoms with Gasteiger partial charge in [-0.2, -0.15) is 0 Å². The Balaban J connectivity index is 2.23. The first-order chi connectivity index (χ1) is 14.5. The molecule has 0 fully saturated rings. The second-order valence-corrected chi connectivity index (χ2v) is 6.75. The first-order valence-corrected chi connectivity index (χ1v) is 9.67. The van der Waals surface area contributed by atoms with Crippen LogP contribution in [0.1, 0.15) is 39.8 Å². The fourth-order valence-electron chi connectivity index (χ4n) is 3.56. The second kappa shape index (κ2) is 9.51. The van der Waals surface area contributed by atoms with Gasteiger partial charge >= 0.3 is 0 Å². The molecular formula is C22H25N3O5. The van der Waals surface area contributed by atoms with E-state index < -0.39 is 11.7 Å². The molecule has 0 spiro atoms. The van der Waals surface area contributed by atoms with Crippen LogP contribution in [0.4, 0.5) is 0 Å². The number of fused-ring (bicyclic) bond motifs is 1. The molecule has 158 valence electrons. The van der Waals surface area contributed by atoms with E-state index in [1.54, 1.807) is 0 Å². The van der Waals surface area contributed by atoms with Crippen molar-refractivity contribution in [1.29, 1.82) is 0 Å². The van der Waals surface area contributed by atoms with E-state index >= 15 is 0 Å². The number of carbonyl (C=O) groups is 2. The summed E-state index contributed by atoms with van der Waals surface area (Å²) in [5.41, 5.74) is 9.48. The number of aryl methyl sites for hydroxylation is 1. The molecule has 0 aliphatic heterocycles. The zero-order valence-corrected chi connectivity index (χ0v) is 17.3. The van der Waals surface area contributed by atoms with Gasteiger partial charge in [0.05, 0.1) is 18.4 Å². The van der Waals surface area contributed by atoms with E-state index in [4.69, 9.17) is 15.4 Å². The molecule has 3 aromatic rings. The van der Waals surface area contributed by atoms with Gasteiger partial charge in [0.1, 0.15) is 18.7 Å². The number of nitrogens with two attached hydrogens (primary N) is 1. The van der Waals surface area contributed by atoms with Crippen molar-refractivity contribution in [3.8, 4) is 5.88 Å². The third-order valence-electron chi connectivity index (χ3n) is 4.76. The number of carbonyl (C=O) groups excluding carboxylic acids is 2. The Bertz CT molecular complexity index is 1060. The standard InChI is InChI=1S/C22H25N3O5/c1-4-16-17(12-15-8-6-5-7-9-15)25-13-14(2)24-22(29-10-11-30-28-3)19(25)18(16)20(26)21(23)27/h5-9,13H,4,10-12H2,1-3H3,(H2,23,27). The number of ether oxygens (including phenoxy) is 1. The molecule has 0 saturated heterocycles. The third-order valence-corrected chi connectivity index (χ3v) is 4.76. The number of primary amides is 1. The molecule has 30 heavy (non-hydrogen) atoms. The van der Waals surface area contributed by atoms with Crippen molar-refractivity contribution < 1.29 is 24.1 Å². The fourth-order valence-corrected chi connectivity index (χ4v) is 3.56. The highest BCUT2D eigenvalue weighted by molar-refractivity contribution is 6.44. The van der Waals surface area contributed by atoms with Gasteiger partial charge in [-0.25, -0.2) is 14.8 Å². The summed E-state index contributed by atoms with van der Waals surface area (Å²) in [5, 5.41) is 0. The van der Waals surface area contributed by atoms with Crippen molar-refractivity contribution >= 4 is 17.2 Å². The van der Waals surface area contributed by atoms with Crippen molar-refractivity contribution in [2.45, 2.75) is 26.7 Å². The molecule has 0 aliphatic rings. The molecule has 0 unspecified atom stereocenters. The van der Waals surface area contributed by atoms with Gasteiger partial charge in [0.25, 0.3) is 11.7 Å². The predicted molar refractivity (Wildman–Crippen MR) is 111 cm³/mol. The minimum absolute atomic E-state index is 0.158. The molecule has 8 heteroatoms. The molecule has 2 heterocycles. The van der Waals surface area contributed by atoms with Crippen LogP contribution in [-0.4, -0.2) is 41.4 Å². The van der Waals surface area contributed by atoms with Gasteiger partial charge < -0.3 is 14.9 Å². The number of nitrogens with zero attached hydrogens (tertiary/aromatic N) is 2. The van der Waals surface area contributed by atoms with Gasteiger partial charge in [-0.05, 0) is 24.5 Å². The summed E-state index contributed by atoms with van der Waals surface area (Å²) < 4.78 is 7.68. The van der Waals surface area contributed by atoms with Crippen molar-refractivity contribution in [2.24, 2.45) is 5.73 Å². The van der Waals surface area contributed by atoms with Crippen molar-refractivity contribution in [3.63, 3.8) is 0 Å². The number of benzene rings is 1. The smallest absolute Gasteiger partial charge is 0.289 e. The topological polar surface area (TPSA) is 105 Å². The van der Waals surface area contributed by atoms with Gasteiger partial charge in [-0.1, -0.05) is 37.3 Å². The van der Waals surface area contributed by atoms with E-state index in [1.165, 1.54) is 7.11 Å². The summed E-state index contributed by atoms with van der Waals surface area (Å²) in [7, 11) is 1.41. The Morgan fingerprint density at radius 1 is 1.17 bits per heavy atom. The maximum atomic E-state index is 12.8. The summed E-state index contributed by atoms with van der Waals surface area (Å²) in [5.74, 6) is -1.53. The molecular weight excluding hydrogens is 386 g/mol. The summed E-state index contributed by atoms with van der Waals surface area (Å²) in [6.45, 7) is 4.11. The molecule has 0 radical (unpaired) electrons. The molecule has 1 amide bonds. The normalized spacial score (nSPS) is 11.0. The number of Topliss-reactive ketones (excluding diaryl/α,β-unsaturated/α-hetero) is 1. The molecule has 2 N–H and O–H groups in total. The molecule has 2 aromatic heterocycles. The summed E-state index contributed by atoms with van der Waals surface area (Å²) >= 11 is 0. The molecule has 8 nitrogen and oxygen atoms in total. The van der Waals surface area contributed by atoms with Crippen LogP contribution in [-0.2, 0) is 27.4 Å². The highest BCUT2D eigenvalue weighted by Gasteiger charge is 2.28. The minimum Gasteiger partial charge on any atom is -0.474 e. The molecule has 0 bridgehead atoms. The van der Waals surface area contributed by atoms with Crippen molar-refractivity contribution in [2.75, 3.05) is 20.3 Å². The maximum absolute atomic E-state index is 12.8. The quantitative estimate of drug-likeness (QED) is 0.181. The average molecular weight is 411 g/mol. The predicted octanol–water partition coefficient (Wildman–Crippen LogP) is 2.42. The zero-order valence-electron chi connectivity index (χ0n) is 17.3. The average Bonchev–Trinajstić information content (AvgIpc) is 3.04. The summed E-state index contributed by atoms with van der Waals surface area (Å²) in [4.78, 5) is 38.5. The number of rotatable bonds is 10. The van der Waals surface area contributed by atoms with Crippen LogP contribution in [0.25, 0.3) is 5.52 Å². The largest absolute Gasteiger partial charge is 0.474 e. The molecule has 0 aliphatic carbocycles. The molecule has 3 rings (SSSR count). The highest BCUT2D eigenvalue weighted by Crippen LogP contribution is 2.32. The Morgan fingerprint density at radius 2 is 1.90 bits per heavy atom. The Kier molecular flexibility index (Phi) is 6.81. The lowest BCUT2D eigenvalue weighted by Crippen LogP contribution is -2.24. The first-order valence-electron chi connectivity index (χ1n) is 9.67. The number of aromatic nitrogens is 2. The van der Waals surface area contributed by atoms with Crippen LogP contribution in [0.15, 0.2) is 36.5 Å². The van der Waals surface area contributed by atoms with Gasteiger partial charge in [-0.15, -0.1) is 0 Å². The second-order valence-electron chi connectivity index (χ2n) is 6.75. The fraction of sp³-hybridized carbons (Fsp3) is 0.318. The zero-order chi connectivity index (χ0) is 21.7. The van der Waals surface area contributed by atoms with E-state index in [0.29, 0.717) is 24.1 Å². The minimum atomic E-state index is -1.02. The van der Waals surface area contributed by atoms with Crippen LogP contribution < -0.4 is 10.5 Å². The van der Waals surface area contributed by atoms with Crippen LogP contribution in [0.2, 0.25) is 0 Å². The van der Waals surface area contributed by atoms with Gasteiger partial charge in [-0.3, -0.25) is 9.59 Å². The molecule has 0 saturated carbocycles. The van der Waals surface area contributed by atoms with E-state index in [9.17, 15) is 9.59 Å². The van der Waals surface area contributed by atoms with E-state index in [-0.39, 0.29) is 24.7 Å². The Hall–Kier alpha value is -3.23. The van der Waals surface area contributed by atoms with Gasteiger partial charge in [0.2, 0.25) is 5.88 Å². The van der Waals surface area contributed by atoms with E-state index in [1.807, 2.05) is 54.8 Å². The molecule has 0 atom stereocenters. The van der Waals surface area contributed by atoms with Crippen molar-refractivity contribution in [3.05, 3.63) is 64.6 Å². The number of amides is 1. The monoisotopic (exact) mass is 411 g/mol. The van der Waals surface area contributed by atoms with E-state index in [2.05, 4.69) is 9.87 Å². The Morgan fingerprint density at radius 3 is 2.53 bits per heavy atom.